The predicted molar refractivity (Wildman–Crippen MR) is 75.9 cm³/mol. The highest BCUT2D eigenvalue weighted by Crippen LogP contribution is 2.31. The molecule has 0 saturated carbocycles. The van der Waals surface area contributed by atoms with Crippen molar-refractivity contribution in [1.82, 2.24) is 4.90 Å². The average Bonchev–Trinajstić information content (AvgIpc) is 2.37. The largest absolute Gasteiger partial charge is 0.467 e. The number of benzene rings is 1. The summed E-state index contributed by atoms with van der Waals surface area (Å²) in [6.45, 7) is 5.54. The standard InChI is InChI=1S/C14H21N3O3/c1-9(2)17(6-13(16)18)5-10-3-12(15)4-11-7-19-8-20-14(10)11/h3-4,9H,5-8,15H2,1-2H3,(H2,16,18). The van der Waals surface area contributed by atoms with Crippen LogP contribution in [0.3, 0.4) is 0 Å². The van der Waals surface area contributed by atoms with Crippen LogP contribution in [-0.4, -0.2) is 30.2 Å². The highest BCUT2D eigenvalue weighted by atomic mass is 16.7. The van der Waals surface area contributed by atoms with Gasteiger partial charge in [0.05, 0.1) is 13.2 Å². The number of nitrogens with two attached hydrogens (primary N) is 2. The molecule has 0 saturated heterocycles. The van der Waals surface area contributed by atoms with Crippen LogP contribution in [0, 0.1) is 0 Å². The maximum Gasteiger partial charge on any atom is 0.231 e. The van der Waals surface area contributed by atoms with Crippen molar-refractivity contribution in [2.45, 2.75) is 33.0 Å². The monoisotopic (exact) mass is 279 g/mol. The molecule has 0 aromatic heterocycles. The highest BCUT2D eigenvalue weighted by Gasteiger charge is 2.20. The SMILES string of the molecule is CC(C)N(CC(N)=O)Cc1cc(N)cc2c1OCOC2. The van der Waals surface area contributed by atoms with Gasteiger partial charge >= 0.3 is 0 Å². The molecule has 4 N–H and O–H groups in total. The fourth-order valence-electron chi connectivity index (χ4n) is 2.28. The predicted octanol–water partition coefficient (Wildman–Crippen LogP) is 0.831. The molecule has 1 heterocycles. The van der Waals surface area contributed by atoms with Gasteiger partial charge in [-0.05, 0) is 26.0 Å². The van der Waals surface area contributed by atoms with Gasteiger partial charge in [-0.15, -0.1) is 0 Å². The van der Waals surface area contributed by atoms with E-state index in [-0.39, 0.29) is 25.3 Å². The number of hydrogen-bond donors (Lipinski definition) is 2. The number of ether oxygens (including phenoxy) is 2. The van der Waals surface area contributed by atoms with E-state index < -0.39 is 0 Å². The van der Waals surface area contributed by atoms with Crippen LogP contribution in [0.15, 0.2) is 12.1 Å². The summed E-state index contributed by atoms with van der Waals surface area (Å²) in [5.41, 5.74) is 13.8. The summed E-state index contributed by atoms with van der Waals surface area (Å²) in [4.78, 5) is 13.1. The first-order valence-electron chi connectivity index (χ1n) is 6.61. The number of anilines is 1. The average molecular weight is 279 g/mol. The molecule has 0 bridgehead atoms. The van der Waals surface area contributed by atoms with Crippen LogP contribution in [0.4, 0.5) is 5.69 Å². The topological polar surface area (TPSA) is 90.8 Å². The Bertz CT molecular complexity index is 503. The molecule has 0 unspecified atom stereocenters. The Labute approximate surface area is 118 Å². The van der Waals surface area contributed by atoms with Crippen molar-refractivity contribution in [1.29, 1.82) is 0 Å². The number of amides is 1. The minimum Gasteiger partial charge on any atom is -0.467 e. The van der Waals surface area contributed by atoms with E-state index in [2.05, 4.69) is 0 Å². The van der Waals surface area contributed by atoms with Gasteiger partial charge in [0.1, 0.15) is 5.75 Å². The van der Waals surface area contributed by atoms with Gasteiger partial charge in [-0.25, -0.2) is 0 Å². The van der Waals surface area contributed by atoms with Crippen LogP contribution in [0.5, 0.6) is 5.75 Å². The maximum absolute atomic E-state index is 11.2. The number of carbonyl (C=O) groups is 1. The van der Waals surface area contributed by atoms with Crippen molar-refractivity contribution in [3.05, 3.63) is 23.3 Å². The molecule has 0 atom stereocenters. The number of rotatable bonds is 5. The van der Waals surface area contributed by atoms with Gasteiger partial charge in [0.25, 0.3) is 0 Å². The van der Waals surface area contributed by atoms with Crippen LogP contribution in [0.25, 0.3) is 0 Å². The van der Waals surface area contributed by atoms with Crippen molar-refractivity contribution in [3.63, 3.8) is 0 Å². The highest BCUT2D eigenvalue weighted by molar-refractivity contribution is 5.76. The molecule has 2 rings (SSSR count). The number of fused-ring (bicyclic) bond motifs is 1. The summed E-state index contributed by atoms with van der Waals surface area (Å²) in [6, 6.07) is 3.92. The molecule has 1 aromatic rings. The van der Waals surface area contributed by atoms with E-state index >= 15 is 0 Å². The van der Waals surface area contributed by atoms with E-state index in [1.165, 1.54) is 0 Å². The summed E-state index contributed by atoms with van der Waals surface area (Å²) < 4.78 is 10.8. The third-order valence-corrected chi connectivity index (χ3v) is 3.27. The zero-order chi connectivity index (χ0) is 14.7. The number of carbonyl (C=O) groups excluding carboxylic acids is 1. The van der Waals surface area contributed by atoms with Crippen LogP contribution in [0.2, 0.25) is 0 Å². The van der Waals surface area contributed by atoms with Gasteiger partial charge in [0, 0.05) is 29.4 Å². The minimum absolute atomic E-state index is 0.194. The molecule has 1 amide bonds. The van der Waals surface area contributed by atoms with Crippen LogP contribution < -0.4 is 16.2 Å². The molecule has 1 aliphatic heterocycles. The first kappa shape index (κ1) is 14.6. The van der Waals surface area contributed by atoms with Crippen LogP contribution in [-0.2, 0) is 22.7 Å². The van der Waals surface area contributed by atoms with Crippen molar-refractivity contribution in [2.75, 3.05) is 19.1 Å². The number of hydrogen-bond acceptors (Lipinski definition) is 5. The molecule has 110 valence electrons. The van der Waals surface area contributed by atoms with E-state index in [9.17, 15) is 4.79 Å². The van der Waals surface area contributed by atoms with Gasteiger partial charge in [-0.2, -0.15) is 0 Å². The Hall–Kier alpha value is -1.79. The molecular formula is C14H21N3O3. The molecule has 0 aliphatic carbocycles. The molecule has 1 aromatic carbocycles. The zero-order valence-electron chi connectivity index (χ0n) is 11.9. The van der Waals surface area contributed by atoms with Gasteiger partial charge in [-0.1, -0.05) is 0 Å². The zero-order valence-corrected chi connectivity index (χ0v) is 11.9. The van der Waals surface area contributed by atoms with Crippen molar-refractivity contribution >= 4 is 11.6 Å². The van der Waals surface area contributed by atoms with Gasteiger partial charge < -0.3 is 20.9 Å². The third kappa shape index (κ3) is 3.40. The summed E-state index contributed by atoms with van der Waals surface area (Å²) in [5, 5.41) is 0. The van der Waals surface area contributed by atoms with Gasteiger partial charge in [-0.3, -0.25) is 9.69 Å². The van der Waals surface area contributed by atoms with E-state index in [0.717, 1.165) is 16.9 Å². The number of nitrogens with zero attached hydrogens (tertiary/aromatic N) is 1. The lowest BCUT2D eigenvalue weighted by Gasteiger charge is -2.28. The summed E-state index contributed by atoms with van der Waals surface area (Å²) in [5.74, 6) is 0.460. The lowest BCUT2D eigenvalue weighted by atomic mass is 10.1. The normalized spacial score (nSPS) is 14.2. The van der Waals surface area contributed by atoms with Gasteiger partial charge in [0.2, 0.25) is 5.91 Å². The number of nitrogen functional groups attached to an aromatic ring is 1. The van der Waals surface area contributed by atoms with E-state index in [1.54, 1.807) is 0 Å². The van der Waals surface area contributed by atoms with Crippen molar-refractivity contribution in [2.24, 2.45) is 5.73 Å². The Kier molecular flexibility index (Phi) is 4.46. The first-order chi connectivity index (χ1) is 9.47. The van der Waals surface area contributed by atoms with Crippen molar-refractivity contribution in [3.8, 4) is 5.75 Å². The molecule has 1 aliphatic rings. The van der Waals surface area contributed by atoms with E-state index in [0.29, 0.717) is 18.8 Å². The fraction of sp³-hybridized carbons (Fsp3) is 0.500. The van der Waals surface area contributed by atoms with E-state index in [4.69, 9.17) is 20.9 Å². The van der Waals surface area contributed by atoms with Crippen LogP contribution in [0.1, 0.15) is 25.0 Å². The van der Waals surface area contributed by atoms with Gasteiger partial charge in [0.15, 0.2) is 6.79 Å². The Morgan fingerprint density at radius 2 is 2.20 bits per heavy atom. The van der Waals surface area contributed by atoms with Crippen LogP contribution >= 0.6 is 0 Å². The Morgan fingerprint density at radius 1 is 1.45 bits per heavy atom. The first-order valence-corrected chi connectivity index (χ1v) is 6.61. The Morgan fingerprint density at radius 3 is 2.85 bits per heavy atom. The van der Waals surface area contributed by atoms with E-state index in [1.807, 2.05) is 30.9 Å². The molecular weight excluding hydrogens is 258 g/mol. The second kappa shape index (κ2) is 6.11. The second-order valence-electron chi connectivity index (χ2n) is 5.24. The quantitative estimate of drug-likeness (QED) is 0.779. The summed E-state index contributed by atoms with van der Waals surface area (Å²) in [6.07, 6.45) is 0. The smallest absolute Gasteiger partial charge is 0.231 e. The molecule has 6 nitrogen and oxygen atoms in total. The lowest BCUT2D eigenvalue weighted by Crippen LogP contribution is -2.38. The Balaban J connectivity index is 2.27. The fourth-order valence-corrected chi connectivity index (χ4v) is 2.28. The molecule has 0 fully saturated rings. The summed E-state index contributed by atoms with van der Waals surface area (Å²) >= 11 is 0. The lowest BCUT2D eigenvalue weighted by molar-refractivity contribution is -0.119. The third-order valence-electron chi connectivity index (χ3n) is 3.27. The molecule has 0 spiro atoms. The molecule has 0 radical (unpaired) electrons. The minimum atomic E-state index is -0.347. The molecule has 20 heavy (non-hydrogen) atoms. The summed E-state index contributed by atoms with van der Waals surface area (Å²) in [7, 11) is 0. The second-order valence-corrected chi connectivity index (χ2v) is 5.24. The van der Waals surface area contributed by atoms with Crippen molar-refractivity contribution < 1.29 is 14.3 Å². The molecule has 6 heteroatoms. The maximum atomic E-state index is 11.2. The number of primary amides is 1.